The first-order chi connectivity index (χ1) is 6.89. The van der Waals surface area contributed by atoms with Gasteiger partial charge in [-0.25, -0.2) is 4.79 Å². The number of aliphatic carboxylic acids is 1. The zero-order valence-electron chi connectivity index (χ0n) is 8.78. The van der Waals surface area contributed by atoms with Crippen LogP contribution < -0.4 is 0 Å². The molecule has 2 N–H and O–H groups in total. The molecule has 2 rings (SSSR count). The lowest BCUT2D eigenvalue weighted by Gasteiger charge is -2.42. The Morgan fingerprint density at radius 2 is 2.13 bits per heavy atom. The second-order valence-corrected chi connectivity index (χ2v) is 4.71. The van der Waals surface area contributed by atoms with Gasteiger partial charge in [0, 0.05) is 11.0 Å². The van der Waals surface area contributed by atoms with Crippen LogP contribution in [0.25, 0.3) is 0 Å². The fraction of sp³-hybridized carbons (Fsp3) is 0.545. The van der Waals surface area contributed by atoms with Crippen molar-refractivity contribution in [1.29, 1.82) is 0 Å². The molecule has 1 unspecified atom stereocenters. The molecular weight excluding hydrogens is 196 g/mol. The molecule has 1 aromatic rings. The molecule has 1 aliphatic carbocycles. The largest absolute Gasteiger partial charge is 0.479 e. The van der Waals surface area contributed by atoms with E-state index < -0.39 is 17.0 Å². The van der Waals surface area contributed by atoms with E-state index in [1.165, 1.54) is 12.5 Å². The first kappa shape index (κ1) is 10.2. The monoisotopic (exact) mass is 210 g/mol. The van der Waals surface area contributed by atoms with Gasteiger partial charge in [0.25, 0.3) is 0 Å². The van der Waals surface area contributed by atoms with Gasteiger partial charge in [0.05, 0.1) is 12.5 Å². The van der Waals surface area contributed by atoms with E-state index in [9.17, 15) is 15.0 Å². The van der Waals surface area contributed by atoms with Gasteiger partial charge in [0.2, 0.25) is 0 Å². The van der Waals surface area contributed by atoms with E-state index in [0.717, 1.165) is 12.0 Å². The number of fused-ring (bicyclic) bond motifs is 1. The lowest BCUT2D eigenvalue weighted by Crippen LogP contribution is -2.51. The van der Waals surface area contributed by atoms with Crippen molar-refractivity contribution in [3.05, 3.63) is 23.7 Å². The number of aryl methyl sites for hydroxylation is 1. The van der Waals surface area contributed by atoms with Gasteiger partial charge in [0.1, 0.15) is 0 Å². The summed E-state index contributed by atoms with van der Waals surface area (Å²) < 4.78 is 4.98. The van der Waals surface area contributed by atoms with E-state index in [1.54, 1.807) is 13.8 Å². The third-order valence-corrected chi connectivity index (χ3v) is 3.44. The van der Waals surface area contributed by atoms with Crippen LogP contribution in [0, 0.1) is 5.41 Å². The molecule has 15 heavy (non-hydrogen) atoms. The molecule has 0 spiro atoms. The predicted molar refractivity (Wildman–Crippen MR) is 52.3 cm³/mol. The summed E-state index contributed by atoms with van der Waals surface area (Å²) >= 11 is 0. The Labute approximate surface area is 87.5 Å². The third kappa shape index (κ3) is 1.14. The molecule has 1 aromatic heterocycles. The van der Waals surface area contributed by atoms with E-state index in [1.807, 2.05) is 0 Å². The quantitative estimate of drug-likeness (QED) is 0.737. The van der Waals surface area contributed by atoms with E-state index in [-0.39, 0.29) is 0 Å². The number of rotatable bonds is 1. The van der Waals surface area contributed by atoms with E-state index in [4.69, 9.17) is 4.42 Å². The van der Waals surface area contributed by atoms with Gasteiger partial charge in [-0.3, -0.25) is 0 Å². The summed E-state index contributed by atoms with van der Waals surface area (Å²) in [6, 6.07) is 0. The summed E-state index contributed by atoms with van der Waals surface area (Å²) in [7, 11) is 0. The molecule has 0 fully saturated rings. The normalized spacial score (nSPS) is 28.5. The highest BCUT2D eigenvalue weighted by atomic mass is 16.4. The van der Waals surface area contributed by atoms with Crippen molar-refractivity contribution in [2.75, 3.05) is 0 Å². The van der Waals surface area contributed by atoms with Crippen LogP contribution in [0.4, 0.5) is 0 Å². The van der Waals surface area contributed by atoms with Gasteiger partial charge in [-0.1, -0.05) is 13.8 Å². The zero-order valence-corrected chi connectivity index (χ0v) is 8.78. The molecule has 82 valence electrons. The summed E-state index contributed by atoms with van der Waals surface area (Å²) in [4.78, 5) is 11.3. The topological polar surface area (TPSA) is 70.7 Å². The van der Waals surface area contributed by atoms with Crippen molar-refractivity contribution in [2.45, 2.75) is 32.3 Å². The number of carboxylic acid groups (broad SMARTS) is 1. The SMILES string of the molecule is CC1(C)CCc2cocc2C1(O)C(=O)O. The predicted octanol–water partition coefficient (Wildman–Crippen LogP) is 1.52. The summed E-state index contributed by atoms with van der Waals surface area (Å²) in [6.45, 7) is 3.52. The van der Waals surface area contributed by atoms with Crippen LogP contribution in [0.5, 0.6) is 0 Å². The maximum absolute atomic E-state index is 11.3. The van der Waals surface area contributed by atoms with Crippen molar-refractivity contribution in [3.8, 4) is 0 Å². The summed E-state index contributed by atoms with van der Waals surface area (Å²) in [5.41, 5.74) is -1.34. The maximum atomic E-state index is 11.3. The van der Waals surface area contributed by atoms with Crippen molar-refractivity contribution >= 4 is 5.97 Å². The van der Waals surface area contributed by atoms with Gasteiger partial charge in [-0.2, -0.15) is 0 Å². The third-order valence-electron chi connectivity index (χ3n) is 3.44. The highest BCUT2D eigenvalue weighted by molar-refractivity contribution is 5.81. The molecule has 1 heterocycles. The van der Waals surface area contributed by atoms with Crippen LogP contribution in [0.2, 0.25) is 0 Å². The van der Waals surface area contributed by atoms with Gasteiger partial charge < -0.3 is 14.6 Å². The standard InChI is InChI=1S/C11H14O4/c1-10(2)4-3-7-5-15-6-8(7)11(10,14)9(12)13/h5-6,14H,3-4H2,1-2H3,(H,12,13). The Morgan fingerprint density at radius 3 is 2.73 bits per heavy atom. The molecule has 0 amide bonds. The maximum Gasteiger partial charge on any atom is 0.341 e. The Kier molecular flexibility index (Phi) is 1.95. The molecule has 0 bridgehead atoms. The lowest BCUT2D eigenvalue weighted by atomic mass is 9.64. The minimum atomic E-state index is -1.84. The van der Waals surface area contributed by atoms with Crippen LogP contribution in [-0.2, 0) is 16.8 Å². The molecular formula is C11H14O4. The zero-order chi connectivity index (χ0) is 11.3. The highest BCUT2D eigenvalue weighted by Crippen LogP contribution is 2.48. The molecule has 0 saturated heterocycles. The highest BCUT2D eigenvalue weighted by Gasteiger charge is 2.55. The summed E-state index contributed by atoms with van der Waals surface area (Å²) in [6.07, 6.45) is 4.22. The summed E-state index contributed by atoms with van der Waals surface area (Å²) in [5.74, 6) is -1.21. The van der Waals surface area contributed by atoms with Crippen LogP contribution in [0.3, 0.4) is 0 Å². The Hall–Kier alpha value is -1.29. The average Bonchev–Trinajstić information content (AvgIpc) is 2.60. The second kappa shape index (κ2) is 2.85. The van der Waals surface area contributed by atoms with E-state index in [0.29, 0.717) is 12.0 Å². The lowest BCUT2D eigenvalue weighted by molar-refractivity contribution is -0.177. The minimum absolute atomic E-state index is 0.395. The molecule has 0 aliphatic heterocycles. The fourth-order valence-corrected chi connectivity index (χ4v) is 2.23. The second-order valence-electron chi connectivity index (χ2n) is 4.71. The molecule has 4 heteroatoms. The number of carboxylic acids is 1. The summed E-state index contributed by atoms with van der Waals surface area (Å²) in [5, 5.41) is 19.6. The van der Waals surface area contributed by atoms with Gasteiger partial charge in [0.15, 0.2) is 5.60 Å². The van der Waals surface area contributed by atoms with Crippen LogP contribution in [0.1, 0.15) is 31.4 Å². The number of hydrogen-bond donors (Lipinski definition) is 2. The Bertz CT molecular complexity index is 404. The van der Waals surface area contributed by atoms with Gasteiger partial charge >= 0.3 is 5.97 Å². The number of hydrogen-bond acceptors (Lipinski definition) is 3. The van der Waals surface area contributed by atoms with Gasteiger partial charge in [-0.05, 0) is 18.4 Å². The Balaban J connectivity index is 2.64. The number of carbonyl (C=O) groups is 1. The molecule has 4 nitrogen and oxygen atoms in total. The first-order valence-corrected chi connectivity index (χ1v) is 4.91. The fourth-order valence-electron chi connectivity index (χ4n) is 2.23. The van der Waals surface area contributed by atoms with Crippen molar-refractivity contribution in [2.24, 2.45) is 5.41 Å². The van der Waals surface area contributed by atoms with Crippen molar-refractivity contribution < 1.29 is 19.4 Å². The molecule has 0 saturated carbocycles. The first-order valence-electron chi connectivity index (χ1n) is 4.91. The number of furan rings is 1. The van der Waals surface area contributed by atoms with Crippen LogP contribution in [-0.4, -0.2) is 16.2 Å². The van der Waals surface area contributed by atoms with E-state index >= 15 is 0 Å². The molecule has 1 aliphatic rings. The van der Waals surface area contributed by atoms with Crippen LogP contribution in [0.15, 0.2) is 16.9 Å². The van der Waals surface area contributed by atoms with Gasteiger partial charge in [-0.15, -0.1) is 0 Å². The average molecular weight is 210 g/mol. The van der Waals surface area contributed by atoms with E-state index in [2.05, 4.69) is 0 Å². The molecule has 0 aromatic carbocycles. The van der Waals surface area contributed by atoms with Crippen LogP contribution >= 0.6 is 0 Å². The van der Waals surface area contributed by atoms with Crippen molar-refractivity contribution in [3.63, 3.8) is 0 Å². The Morgan fingerprint density at radius 1 is 1.47 bits per heavy atom. The minimum Gasteiger partial charge on any atom is -0.479 e. The molecule has 0 radical (unpaired) electrons. The van der Waals surface area contributed by atoms with Crippen molar-refractivity contribution in [1.82, 2.24) is 0 Å². The molecule has 1 atom stereocenters. The number of aliphatic hydroxyl groups is 1. The smallest absolute Gasteiger partial charge is 0.341 e.